The van der Waals surface area contributed by atoms with Gasteiger partial charge in [0.15, 0.2) is 9.76 Å². The lowest BCUT2D eigenvalue weighted by atomic mass is 10.7. The number of hydrogen-bond donors (Lipinski definition) is 0. The minimum Gasteiger partial charge on any atom is -0.403 e. The first kappa shape index (κ1) is 7.56. The van der Waals surface area contributed by atoms with Gasteiger partial charge in [0, 0.05) is 0 Å². The molecular weight excluding hydrogens is 122 g/mol. The molecule has 0 saturated heterocycles. The van der Waals surface area contributed by atoms with Crippen molar-refractivity contribution in [1.29, 1.82) is 0 Å². The van der Waals surface area contributed by atoms with Crippen LogP contribution in [0.3, 0.4) is 0 Å². The van der Waals surface area contributed by atoms with Gasteiger partial charge in [-0.25, -0.2) is 4.79 Å². The van der Waals surface area contributed by atoms with Crippen LogP contribution in [0.5, 0.6) is 0 Å². The standard InChI is InChI=1S/C4H9NO2Si/c1-4(5-3-6)7-8-2/h4H,8H2,1-2H3. The Morgan fingerprint density at radius 1 is 1.88 bits per heavy atom. The highest BCUT2D eigenvalue weighted by Crippen LogP contribution is 1.86. The summed E-state index contributed by atoms with van der Waals surface area (Å²) in [6.07, 6.45) is 1.15. The molecule has 4 heteroatoms. The Morgan fingerprint density at radius 2 is 2.50 bits per heavy atom. The zero-order valence-corrected chi connectivity index (χ0v) is 6.46. The quantitative estimate of drug-likeness (QED) is 0.303. The van der Waals surface area contributed by atoms with E-state index in [0.29, 0.717) is 0 Å². The molecule has 46 valence electrons. The summed E-state index contributed by atoms with van der Waals surface area (Å²) in [6, 6.07) is 0. The maximum atomic E-state index is 9.53. The van der Waals surface area contributed by atoms with Crippen LogP contribution in [0.4, 0.5) is 0 Å². The summed E-state index contributed by atoms with van der Waals surface area (Å²) >= 11 is 0. The first-order chi connectivity index (χ1) is 3.81. The van der Waals surface area contributed by atoms with Crippen molar-refractivity contribution in [3.8, 4) is 0 Å². The molecule has 0 amide bonds. The molecule has 8 heavy (non-hydrogen) atoms. The monoisotopic (exact) mass is 131 g/mol. The van der Waals surface area contributed by atoms with Gasteiger partial charge in [0.1, 0.15) is 6.23 Å². The molecule has 0 aromatic heterocycles. The van der Waals surface area contributed by atoms with Crippen LogP contribution in [-0.2, 0) is 9.22 Å². The highest BCUT2D eigenvalue weighted by atomic mass is 28.2. The van der Waals surface area contributed by atoms with Gasteiger partial charge in [-0.05, 0) is 6.92 Å². The lowest BCUT2D eigenvalue weighted by molar-refractivity contribution is 0.246. The largest absolute Gasteiger partial charge is 0.403 e. The average molecular weight is 131 g/mol. The third-order valence-corrected chi connectivity index (χ3v) is 1.46. The third-order valence-electron chi connectivity index (χ3n) is 0.642. The molecule has 0 N–H and O–H groups in total. The fourth-order valence-electron chi connectivity index (χ4n) is 0.353. The maximum Gasteiger partial charge on any atom is 0.237 e. The van der Waals surface area contributed by atoms with Crippen LogP contribution < -0.4 is 0 Å². The lowest BCUT2D eigenvalue weighted by Gasteiger charge is -2.00. The van der Waals surface area contributed by atoms with E-state index in [-0.39, 0.29) is 6.23 Å². The van der Waals surface area contributed by atoms with E-state index >= 15 is 0 Å². The Bertz CT molecular complexity index is 100. The Labute approximate surface area is 50.7 Å². The SMILES string of the molecule is C[SiH2]OC(C)N=C=O. The van der Waals surface area contributed by atoms with Crippen LogP contribution >= 0.6 is 0 Å². The van der Waals surface area contributed by atoms with Gasteiger partial charge in [-0.1, -0.05) is 6.55 Å². The van der Waals surface area contributed by atoms with Gasteiger partial charge in [-0.3, -0.25) is 0 Å². The molecule has 0 aliphatic carbocycles. The molecular formula is C4H9NO2Si. The van der Waals surface area contributed by atoms with Gasteiger partial charge >= 0.3 is 0 Å². The van der Waals surface area contributed by atoms with Gasteiger partial charge in [0.2, 0.25) is 6.08 Å². The van der Waals surface area contributed by atoms with Crippen molar-refractivity contribution in [2.45, 2.75) is 19.7 Å². The molecule has 0 saturated carbocycles. The predicted molar refractivity (Wildman–Crippen MR) is 33.1 cm³/mol. The highest BCUT2D eigenvalue weighted by Gasteiger charge is 1.91. The van der Waals surface area contributed by atoms with E-state index in [1.54, 1.807) is 6.92 Å². The van der Waals surface area contributed by atoms with Crippen LogP contribution in [-0.4, -0.2) is 22.1 Å². The summed E-state index contributed by atoms with van der Waals surface area (Å²) in [5.41, 5.74) is 0. The lowest BCUT2D eigenvalue weighted by Crippen LogP contribution is -2.05. The highest BCUT2D eigenvalue weighted by molar-refractivity contribution is 6.24. The van der Waals surface area contributed by atoms with E-state index in [0.717, 1.165) is 0 Å². The van der Waals surface area contributed by atoms with E-state index in [4.69, 9.17) is 4.43 Å². The molecule has 0 aromatic carbocycles. The summed E-state index contributed by atoms with van der Waals surface area (Å²) in [4.78, 5) is 12.9. The smallest absolute Gasteiger partial charge is 0.237 e. The molecule has 0 heterocycles. The van der Waals surface area contributed by atoms with Crippen molar-refractivity contribution in [3.63, 3.8) is 0 Å². The van der Waals surface area contributed by atoms with Gasteiger partial charge in [0.25, 0.3) is 0 Å². The second kappa shape index (κ2) is 4.71. The molecule has 0 radical (unpaired) electrons. The summed E-state index contributed by atoms with van der Waals surface area (Å²) < 4.78 is 4.99. The minimum absolute atomic E-state index is 0.274. The van der Waals surface area contributed by atoms with Crippen LogP contribution in [0.15, 0.2) is 4.99 Å². The number of rotatable bonds is 3. The van der Waals surface area contributed by atoms with Crippen molar-refractivity contribution in [2.24, 2.45) is 4.99 Å². The van der Waals surface area contributed by atoms with Crippen LogP contribution in [0.2, 0.25) is 6.55 Å². The average Bonchev–Trinajstić information content (AvgIpc) is 1.68. The normalized spacial score (nSPS) is 13.8. The zero-order chi connectivity index (χ0) is 6.41. The van der Waals surface area contributed by atoms with E-state index in [9.17, 15) is 4.79 Å². The fourth-order valence-corrected chi connectivity index (χ4v) is 0.910. The molecule has 0 rings (SSSR count). The second-order valence-corrected chi connectivity index (χ2v) is 2.19. The third kappa shape index (κ3) is 3.74. The zero-order valence-electron chi connectivity index (χ0n) is 5.05. The van der Waals surface area contributed by atoms with Crippen molar-refractivity contribution < 1.29 is 9.22 Å². The Hall–Kier alpha value is -0.443. The molecule has 1 atom stereocenters. The summed E-state index contributed by atoms with van der Waals surface area (Å²) in [6.45, 7) is 3.71. The van der Waals surface area contributed by atoms with Crippen LogP contribution in [0.1, 0.15) is 6.92 Å². The van der Waals surface area contributed by atoms with Crippen molar-refractivity contribution in [1.82, 2.24) is 0 Å². The van der Waals surface area contributed by atoms with E-state index < -0.39 is 9.76 Å². The Morgan fingerprint density at radius 3 is 2.88 bits per heavy atom. The molecule has 1 unspecified atom stereocenters. The first-order valence-corrected chi connectivity index (χ1v) is 4.49. The molecule has 3 nitrogen and oxygen atoms in total. The van der Waals surface area contributed by atoms with Crippen LogP contribution in [0.25, 0.3) is 0 Å². The van der Waals surface area contributed by atoms with Gasteiger partial charge < -0.3 is 4.43 Å². The molecule has 0 fully saturated rings. The molecule has 0 bridgehead atoms. The van der Waals surface area contributed by atoms with Gasteiger partial charge in [0.05, 0.1) is 0 Å². The summed E-state index contributed by atoms with van der Waals surface area (Å²) in [5, 5.41) is 0. The topological polar surface area (TPSA) is 38.7 Å². The molecule has 0 aliphatic heterocycles. The molecule has 0 aromatic rings. The Kier molecular flexibility index (Phi) is 4.45. The number of hydrogen-bond acceptors (Lipinski definition) is 3. The maximum absolute atomic E-state index is 9.53. The summed E-state index contributed by atoms with van der Waals surface area (Å²) in [7, 11) is -0.426. The second-order valence-electron chi connectivity index (χ2n) is 1.28. The van der Waals surface area contributed by atoms with Crippen LogP contribution in [0, 0.1) is 0 Å². The number of aliphatic imine (C=N–C) groups is 1. The van der Waals surface area contributed by atoms with Gasteiger partial charge in [-0.2, -0.15) is 4.99 Å². The molecule has 0 spiro atoms. The minimum atomic E-state index is -0.426. The predicted octanol–water partition coefficient (Wildman–Crippen LogP) is -0.183. The van der Waals surface area contributed by atoms with Crippen molar-refractivity contribution in [2.75, 3.05) is 0 Å². The molecule has 0 aliphatic rings. The first-order valence-electron chi connectivity index (χ1n) is 2.49. The van der Waals surface area contributed by atoms with E-state index in [1.165, 1.54) is 6.08 Å². The fraction of sp³-hybridized carbons (Fsp3) is 0.750. The number of nitrogens with zero attached hydrogens (tertiary/aromatic N) is 1. The Balaban J connectivity index is 3.31. The van der Waals surface area contributed by atoms with E-state index in [1.807, 2.05) is 6.55 Å². The van der Waals surface area contributed by atoms with Crippen molar-refractivity contribution in [3.05, 3.63) is 0 Å². The number of carbonyl (C=O) groups excluding carboxylic acids is 1. The number of isocyanates is 1. The van der Waals surface area contributed by atoms with E-state index in [2.05, 4.69) is 4.99 Å². The van der Waals surface area contributed by atoms with Crippen molar-refractivity contribution >= 4 is 15.8 Å². The van der Waals surface area contributed by atoms with Gasteiger partial charge in [-0.15, -0.1) is 0 Å². The summed E-state index contributed by atoms with van der Waals surface area (Å²) in [5.74, 6) is 0.